The maximum Gasteiger partial charge on any atom is 0.111 e. The molecule has 0 spiro atoms. The van der Waals surface area contributed by atoms with Gasteiger partial charge in [-0.2, -0.15) is 0 Å². The molecule has 0 rings (SSSR count). The predicted molar refractivity (Wildman–Crippen MR) is 35.1 cm³/mol. The van der Waals surface area contributed by atoms with Crippen LogP contribution in [0.3, 0.4) is 0 Å². The Balaban J connectivity index is 3.91. The Labute approximate surface area is 49.8 Å². The van der Waals surface area contributed by atoms with Gasteiger partial charge in [0.1, 0.15) is 5.84 Å². The molecule has 0 aromatic carbocycles. The van der Waals surface area contributed by atoms with Crippen LogP contribution in [0, 0.1) is 5.41 Å². The zero-order chi connectivity index (χ0) is 6.78. The third-order valence-corrected chi connectivity index (χ3v) is 1.30. The molecule has 0 unspecified atom stereocenters. The van der Waals surface area contributed by atoms with Crippen molar-refractivity contribution in [3.8, 4) is 0 Å². The topological polar surface area (TPSA) is 61.9 Å². The van der Waals surface area contributed by atoms with Gasteiger partial charge in [-0.05, 0) is 20.9 Å². The smallest absolute Gasteiger partial charge is 0.111 e. The lowest BCUT2D eigenvalue weighted by molar-refractivity contribution is 0.556. The van der Waals surface area contributed by atoms with Gasteiger partial charge < -0.3 is 11.1 Å². The van der Waals surface area contributed by atoms with Crippen LogP contribution in [-0.2, 0) is 0 Å². The minimum atomic E-state index is -0.347. The van der Waals surface area contributed by atoms with E-state index in [-0.39, 0.29) is 11.4 Å². The van der Waals surface area contributed by atoms with Crippen molar-refractivity contribution in [3.05, 3.63) is 0 Å². The van der Waals surface area contributed by atoms with Crippen LogP contribution < -0.4 is 11.1 Å². The average Bonchev–Trinajstić information content (AvgIpc) is 1.67. The zero-order valence-electron chi connectivity index (χ0n) is 5.58. The largest absolute Gasteiger partial charge is 0.386 e. The molecule has 0 saturated carbocycles. The monoisotopic (exact) mass is 115 g/mol. The quantitative estimate of drug-likeness (QED) is 0.348. The number of nitrogens with two attached hydrogens (primary N) is 1. The van der Waals surface area contributed by atoms with Crippen molar-refractivity contribution >= 4 is 5.84 Å². The standard InChI is InChI=1S/C5H13N3/c1-5(2,8-3)4(6)7/h8H,1-3H3,(H3,6,7). The van der Waals surface area contributed by atoms with Gasteiger partial charge in [-0.1, -0.05) is 0 Å². The SMILES string of the molecule is CNC(C)(C)C(=N)N. The molecule has 3 heteroatoms. The lowest BCUT2D eigenvalue weighted by atomic mass is 10.1. The maximum absolute atomic E-state index is 7.01. The number of nitrogens with one attached hydrogen (secondary N) is 2. The summed E-state index contributed by atoms with van der Waals surface area (Å²) < 4.78 is 0. The van der Waals surface area contributed by atoms with Gasteiger partial charge in [0.15, 0.2) is 0 Å². The summed E-state index contributed by atoms with van der Waals surface area (Å²) in [5.74, 6) is 0.167. The highest BCUT2D eigenvalue weighted by molar-refractivity contribution is 5.86. The molecule has 4 N–H and O–H groups in total. The van der Waals surface area contributed by atoms with Crippen LogP contribution >= 0.6 is 0 Å². The van der Waals surface area contributed by atoms with Gasteiger partial charge in [0.2, 0.25) is 0 Å². The summed E-state index contributed by atoms with van der Waals surface area (Å²) in [6.45, 7) is 3.71. The van der Waals surface area contributed by atoms with Crippen LogP contribution in [0.15, 0.2) is 0 Å². The predicted octanol–water partition coefficient (Wildman–Crippen LogP) is -0.0796. The summed E-state index contributed by atoms with van der Waals surface area (Å²) in [7, 11) is 1.78. The molecule has 0 bridgehead atoms. The van der Waals surface area contributed by atoms with Crippen molar-refractivity contribution in [1.29, 1.82) is 5.41 Å². The highest BCUT2D eigenvalue weighted by Crippen LogP contribution is 1.96. The van der Waals surface area contributed by atoms with Gasteiger partial charge in [0.25, 0.3) is 0 Å². The van der Waals surface area contributed by atoms with Crippen molar-refractivity contribution in [2.24, 2.45) is 5.73 Å². The summed E-state index contributed by atoms with van der Waals surface area (Å²) >= 11 is 0. The molecule has 0 aliphatic heterocycles. The number of hydrogen-bond acceptors (Lipinski definition) is 2. The normalized spacial score (nSPS) is 11.4. The van der Waals surface area contributed by atoms with E-state index in [1.807, 2.05) is 13.8 Å². The molecule has 8 heavy (non-hydrogen) atoms. The van der Waals surface area contributed by atoms with Gasteiger partial charge in [-0.3, -0.25) is 5.41 Å². The van der Waals surface area contributed by atoms with Crippen molar-refractivity contribution in [2.75, 3.05) is 7.05 Å². The second-order valence-electron chi connectivity index (χ2n) is 2.29. The van der Waals surface area contributed by atoms with E-state index in [1.54, 1.807) is 7.05 Å². The van der Waals surface area contributed by atoms with Crippen LogP contribution in [-0.4, -0.2) is 18.4 Å². The fourth-order valence-electron chi connectivity index (χ4n) is 0.135. The van der Waals surface area contributed by atoms with Crippen molar-refractivity contribution < 1.29 is 0 Å². The Bertz CT molecular complexity index is 95.8. The third-order valence-electron chi connectivity index (χ3n) is 1.30. The molecule has 48 valence electrons. The summed E-state index contributed by atoms with van der Waals surface area (Å²) in [5, 5.41) is 9.90. The molecule has 0 amide bonds. The summed E-state index contributed by atoms with van der Waals surface area (Å²) in [6, 6.07) is 0. The molecular formula is C5H13N3. The van der Waals surface area contributed by atoms with Crippen LogP contribution in [0.5, 0.6) is 0 Å². The number of hydrogen-bond donors (Lipinski definition) is 3. The zero-order valence-corrected chi connectivity index (χ0v) is 5.58. The van der Waals surface area contributed by atoms with E-state index in [1.165, 1.54) is 0 Å². The first-order chi connectivity index (χ1) is 3.50. The van der Waals surface area contributed by atoms with Gasteiger partial charge in [-0.15, -0.1) is 0 Å². The molecule has 0 aliphatic rings. The molecule has 0 aliphatic carbocycles. The molecule has 3 nitrogen and oxygen atoms in total. The fourth-order valence-corrected chi connectivity index (χ4v) is 0.135. The first-order valence-corrected chi connectivity index (χ1v) is 2.54. The minimum absolute atomic E-state index is 0.167. The lowest BCUT2D eigenvalue weighted by Gasteiger charge is -2.21. The molecule has 0 aromatic rings. The highest BCUT2D eigenvalue weighted by atomic mass is 15.0. The van der Waals surface area contributed by atoms with Crippen LogP contribution in [0.1, 0.15) is 13.8 Å². The second-order valence-corrected chi connectivity index (χ2v) is 2.29. The van der Waals surface area contributed by atoms with E-state index < -0.39 is 0 Å². The number of likely N-dealkylation sites (N-methyl/N-ethyl adjacent to an activating group) is 1. The molecular weight excluding hydrogens is 102 g/mol. The number of rotatable bonds is 2. The minimum Gasteiger partial charge on any atom is -0.386 e. The van der Waals surface area contributed by atoms with E-state index in [0.29, 0.717) is 0 Å². The van der Waals surface area contributed by atoms with Gasteiger partial charge >= 0.3 is 0 Å². The van der Waals surface area contributed by atoms with Gasteiger partial charge in [0, 0.05) is 0 Å². The van der Waals surface area contributed by atoms with E-state index in [9.17, 15) is 0 Å². The Morgan fingerprint density at radius 1 is 1.62 bits per heavy atom. The Morgan fingerprint density at radius 3 is 2.00 bits per heavy atom. The summed E-state index contributed by atoms with van der Waals surface area (Å²) in [6.07, 6.45) is 0. The maximum atomic E-state index is 7.01. The fraction of sp³-hybridized carbons (Fsp3) is 0.800. The molecule has 0 atom stereocenters. The van der Waals surface area contributed by atoms with Crippen LogP contribution in [0.2, 0.25) is 0 Å². The Hall–Kier alpha value is -0.570. The van der Waals surface area contributed by atoms with E-state index in [4.69, 9.17) is 11.1 Å². The van der Waals surface area contributed by atoms with Gasteiger partial charge in [-0.25, -0.2) is 0 Å². The highest BCUT2D eigenvalue weighted by Gasteiger charge is 2.17. The molecule has 0 radical (unpaired) electrons. The average molecular weight is 115 g/mol. The third kappa shape index (κ3) is 1.50. The van der Waals surface area contributed by atoms with Crippen molar-refractivity contribution in [1.82, 2.24) is 5.32 Å². The van der Waals surface area contributed by atoms with E-state index in [2.05, 4.69) is 5.32 Å². The lowest BCUT2D eigenvalue weighted by Crippen LogP contribution is -2.48. The van der Waals surface area contributed by atoms with E-state index in [0.717, 1.165) is 0 Å². The Morgan fingerprint density at radius 2 is 2.00 bits per heavy atom. The summed E-state index contributed by atoms with van der Waals surface area (Å²) in [4.78, 5) is 0. The van der Waals surface area contributed by atoms with Crippen LogP contribution in [0.4, 0.5) is 0 Å². The molecule has 0 fully saturated rings. The van der Waals surface area contributed by atoms with Crippen molar-refractivity contribution in [3.63, 3.8) is 0 Å². The number of amidine groups is 1. The molecule has 0 heterocycles. The Kier molecular flexibility index (Phi) is 1.98. The molecule has 0 saturated heterocycles. The summed E-state index contributed by atoms with van der Waals surface area (Å²) in [5.41, 5.74) is 4.85. The van der Waals surface area contributed by atoms with Crippen LogP contribution in [0.25, 0.3) is 0 Å². The second kappa shape index (κ2) is 2.13. The van der Waals surface area contributed by atoms with Gasteiger partial charge in [0.05, 0.1) is 5.54 Å². The first-order valence-electron chi connectivity index (χ1n) is 2.54. The molecule has 0 aromatic heterocycles. The first kappa shape index (κ1) is 7.43. The van der Waals surface area contributed by atoms with Crippen molar-refractivity contribution in [2.45, 2.75) is 19.4 Å². The van der Waals surface area contributed by atoms with E-state index >= 15 is 0 Å².